The number of hydrogen-bond donors (Lipinski definition) is 0. The Kier molecular flexibility index (Phi) is 4.28. The molecule has 0 unspecified atom stereocenters. The van der Waals surface area contributed by atoms with E-state index in [1.165, 1.54) is 16.9 Å². The third kappa shape index (κ3) is 3.11. The molecule has 7 nitrogen and oxygen atoms in total. The first kappa shape index (κ1) is 17.4. The number of rotatable bonds is 2. The first-order chi connectivity index (χ1) is 11.7. The zero-order valence-corrected chi connectivity index (χ0v) is 14.8. The molecule has 0 radical (unpaired) electrons. The molecular formula is C18H22N2O5. The maximum absolute atomic E-state index is 12.7. The zero-order valence-electron chi connectivity index (χ0n) is 14.8. The van der Waals surface area contributed by atoms with Crippen molar-refractivity contribution in [1.82, 2.24) is 9.80 Å². The van der Waals surface area contributed by atoms with E-state index in [4.69, 9.17) is 9.47 Å². The van der Waals surface area contributed by atoms with Crippen LogP contribution in [-0.2, 0) is 9.47 Å². The molecule has 1 fully saturated rings. The number of ether oxygens (including phenoxy) is 2. The number of likely N-dealkylation sites (tertiary alicyclic amines) is 1. The number of imide groups is 1. The number of fused-ring (bicyclic) bond motifs is 1. The van der Waals surface area contributed by atoms with Crippen LogP contribution in [0.2, 0.25) is 0 Å². The van der Waals surface area contributed by atoms with E-state index in [1.807, 2.05) is 0 Å². The molecule has 2 aliphatic rings. The van der Waals surface area contributed by atoms with Gasteiger partial charge in [-0.25, -0.2) is 4.79 Å². The fraction of sp³-hybridized carbons (Fsp3) is 0.500. The largest absolute Gasteiger partial charge is 0.444 e. The normalized spacial score (nSPS) is 23.2. The van der Waals surface area contributed by atoms with Crippen LogP contribution >= 0.6 is 0 Å². The predicted molar refractivity (Wildman–Crippen MR) is 89.3 cm³/mol. The number of amides is 3. The quantitative estimate of drug-likeness (QED) is 0.765. The third-order valence-electron chi connectivity index (χ3n) is 4.35. The van der Waals surface area contributed by atoms with E-state index >= 15 is 0 Å². The molecule has 0 aromatic heterocycles. The van der Waals surface area contributed by atoms with Gasteiger partial charge >= 0.3 is 6.09 Å². The molecule has 1 aromatic rings. The molecule has 0 spiro atoms. The average molecular weight is 346 g/mol. The third-order valence-corrected chi connectivity index (χ3v) is 4.35. The van der Waals surface area contributed by atoms with Crippen molar-refractivity contribution in [2.24, 2.45) is 0 Å². The number of benzene rings is 1. The van der Waals surface area contributed by atoms with Gasteiger partial charge in [-0.1, -0.05) is 12.1 Å². The van der Waals surface area contributed by atoms with E-state index in [-0.39, 0.29) is 24.9 Å². The van der Waals surface area contributed by atoms with Crippen LogP contribution in [0.3, 0.4) is 0 Å². The van der Waals surface area contributed by atoms with E-state index in [0.29, 0.717) is 11.1 Å². The van der Waals surface area contributed by atoms with Gasteiger partial charge in [-0.3, -0.25) is 14.5 Å². The van der Waals surface area contributed by atoms with Crippen LogP contribution in [-0.4, -0.2) is 65.7 Å². The second-order valence-corrected chi connectivity index (χ2v) is 7.25. The zero-order chi connectivity index (χ0) is 18.4. The Morgan fingerprint density at radius 2 is 1.64 bits per heavy atom. The van der Waals surface area contributed by atoms with Crippen LogP contribution in [0.25, 0.3) is 0 Å². The molecule has 3 amide bonds. The molecule has 2 aliphatic heterocycles. The summed E-state index contributed by atoms with van der Waals surface area (Å²) in [5.41, 5.74) is 0.156. The molecule has 1 saturated heterocycles. The van der Waals surface area contributed by atoms with Gasteiger partial charge in [0, 0.05) is 13.7 Å². The maximum atomic E-state index is 12.7. The van der Waals surface area contributed by atoms with Crippen molar-refractivity contribution in [2.45, 2.75) is 38.5 Å². The lowest BCUT2D eigenvalue weighted by molar-refractivity contribution is 0.0249. The van der Waals surface area contributed by atoms with Crippen molar-refractivity contribution in [2.75, 3.05) is 20.2 Å². The standard InChI is InChI=1S/C18H22N2O5/c1-18(2,3)25-17(23)19-9-13(14(10-19)24-4)20-15(21)11-7-5-6-8-12(11)16(20)22/h5-8,13-14H,9-10H2,1-4H3/t13-,14+/m0/s1. The van der Waals surface area contributed by atoms with E-state index in [0.717, 1.165) is 0 Å². The average Bonchev–Trinajstić information content (AvgIpc) is 3.06. The highest BCUT2D eigenvalue weighted by Gasteiger charge is 2.48. The highest BCUT2D eigenvalue weighted by molar-refractivity contribution is 6.21. The monoisotopic (exact) mass is 346 g/mol. The molecule has 2 atom stereocenters. The van der Waals surface area contributed by atoms with E-state index < -0.39 is 23.8 Å². The van der Waals surface area contributed by atoms with Gasteiger partial charge in [-0.15, -0.1) is 0 Å². The molecule has 0 bridgehead atoms. The Morgan fingerprint density at radius 3 is 2.12 bits per heavy atom. The summed E-state index contributed by atoms with van der Waals surface area (Å²) in [4.78, 5) is 40.4. The Labute approximate surface area is 146 Å². The fourth-order valence-electron chi connectivity index (χ4n) is 3.22. The topological polar surface area (TPSA) is 76.2 Å². The fourth-order valence-corrected chi connectivity index (χ4v) is 3.22. The molecule has 0 saturated carbocycles. The van der Waals surface area contributed by atoms with Crippen molar-refractivity contribution < 1.29 is 23.9 Å². The summed E-state index contributed by atoms with van der Waals surface area (Å²) in [7, 11) is 1.51. The minimum absolute atomic E-state index is 0.193. The Balaban J connectivity index is 1.82. The van der Waals surface area contributed by atoms with Crippen LogP contribution in [0, 0.1) is 0 Å². The second-order valence-electron chi connectivity index (χ2n) is 7.25. The SMILES string of the molecule is CO[C@@H]1CN(C(=O)OC(C)(C)C)C[C@@H]1N1C(=O)c2ccccc2C1=O. The van der Waals surface area contributed by atoms with Crippen molar-refractivity contribution in [3.05, 3.63) is 35.4 Å². The van der Waals surface area contributed by atoms with Gasteiger partial charge in [0.15, 0.2) is 0 Å². The summed E-state index contributed by atoms with van der Waals surface area (Å²) in [6, 6.07) is 6.19. The van der Waals surface area contributed by atoms with E-state index in [1.54, 1.807) is 45.0 Å². The van der Waals surface area contributed by atoms with E-state index in [9.17, 15) is 14.4 Å². The van der Waals surface area contributed by atoms with Crippen molar-refractivity contribution in [1.29, 1.82) is 0 Å². The number of carbonyl (C=O) groups excluding carboxylic acids is 3. The molecule has 3 rings (SSSR count). The first-order valence-corrected chi connectivity index (χ1v) is 8.20. The van der Waals surface area contributed by atoms with Gasteiger partial charge in [-0.2, -0.15) is 0 Å². The van der Waals surface area contributed by atoms with Gasteiger partial charge in [-0.05, 0) is 32.9 Å². The Hall–Kier alpha value is -2.41. The predicted octanol–water partition coefficient (Wildman–Crippen LogP) is 1.92. The maximum Gasteiger partial charge on any atom is 0.410 e. The summed E-state index contributed by atoms with van der Waals surface area (Å²) in [6.07, 6.45) is -0.927. The van der Waals surface area contributed by atoms with Gasteiger partial charge in [0.2, 0.25) is 0 Å². The number of nitrogens with zero attached hydrogens (tertiary/aromatic N) is 2. The minimum Gasteiger partial charge on any atom is -0.444 e. The molecular weight excluding hydrogens is 324 g/mol. The van der Waals surface area contributed by atoms with Crippen LogP contribution in [0.15, 0.2) is 24.3 Å². The Morgan fingerprint density at radius 1 is 1.08 bits per heavy atom. The van der Waals surface area contributed by atoms with Crippen LogP contribution < -0.4 is 0 Å². The van der Waals surface area contributed by atoms with Crippen LogP contribution in [0.5, 0.6) is 0 Å². The molecule has 2 heterocycles. The summed E-state index contributed by atoms with van der Waals surface area (Å²) < 4.78 is 10.8. The smallest absolute Gasteiger partial charge is 0.410 e. The number of carbonyl (C=O) groups is 3. The van der Waals surface area contributed by atoms with Gasteiger partial charge < -0.3 is 14.4 Å². The highest BCUT2D eigenvalue weighted by atomic mass is 16.6. The van der Waals surface area contributed by atoms with Crippen molar-refractivity contribution in [3.8, 4) is 0 Å². The number of methoxy groups -OCH3 is 1. The minimum atomic E-state index is -0.618. The lowest BCUT2D eigenvalue weighted by atomic mass is 10.1. The summed E-state index contributed by atoms with van der Waals surface area (Å²) in [6.45, 7) is 5.83. The number of hydrogen-bond acceptors (Lipinski definition) is 5. The van der Waals surface area contributed by atoms with Gasteiger partial charge in [0.25, 0.3) is 11.8 Å². The lowest BCUT2D eigenvalue weighted by Gasteiger charge is -2.26. The van der Waals surface area contributed by atoms with Crippen LogP contribution in [0.1, 0.15) is 41.5 Å². The molecule has 0 aliphatic carbocycles. The molecule has 7 heteroatoms. The molecule has 1 aromatic carbocycles. The molecule has 134 valence electrons. The lowest BCUT2D eigenvalue weighted by Crippen LogP contribution is -2.47. The summed E-state index contributed by atoms with van der Waals surface area (Å²) in [5.74, 6) is -0.697. The highest BCUT2D eigenvalue weighted by Crippen LogP contribution is 2.29. The van der Waals surface area contributed by atoms with E-state index in [2.05, 4.69) is 0 Å². The summed E-state index contributed by atoms with van der Waals surface area (Å²) in [5, 5.41) is 0. The summed E-state index contributed by atoms with van der Waals surface area (Å²) >= 11 is 0. The Bertz CT molecular complexity index is 689. The first-order valence-electron chi connectivity index (χ1n) is 8.20. The van der Waals surface area contributed by atoms with Gasteiger partial charge in [0.1, 0.15) is 5.60 Å². The molecule has 0 N–H and O–H groups in total. The van der Waals surface area contributed by atoms with Crippen LogP contribution in [0.4, 0.5) is 4.79 Å². The van der Waals surface area contributed by atoms with Crippen molar-refractivity contribution in [3.63, 3.8) is 0 Å². The van der Waals surface area contributed by atoms with Gasteiger partial charge in [0.05, 0.1) is 29.8 Å². The molecule has 25 heavy (non-hydrogen) atoms. The van der Waals surface area contributed by atoms with Crippen molar-refractivity contribution >= 4 is 17.9 Å². The second kappa shape index (κ2) is 6.15.